The first-order valence-corrected chi connectivity index (χ1v) is 9.32. The van der Waals surface area contributed by atoms with Gasteiger partial charge in [-0.3, -0.25) is 4.79 Å². The summed E-state index contributed by atoms with van der Waals surface area (Å²) in [5.74, 6) is 0.533. The van der Waals surface area contributed by atoms with Crippen LogP contribution in [0.1, 0.15) is 41.6 Å². The predicted octanol–water partition coefficient (Wildman–Crippen LogP) is 3.53. The monoisotopic (exact) mass is 352 g/mol. The number of ether oxygens (including phenoxy) is 1. The van der Waals surface area contributed by atoms with E-state index in [9.17, 15) is 4.79 Å². The number of para-hydroxylation sites is 1. The van der Waals surface area contributed by atoms with Crippen molar-refractivity contribution in [1.82, 2.24) is 10.6 Å². The van der Waals surface area contributed by atoms with Crippen LogP contribution in [-0.4, -0.2) is 32.7 Å². The van der Waals surface area contributed by atoms with Crippen molar-refractivity contribution in [2.45, 2.75) is 37.1 Å². The van der Waals surface area contributed by atoms with Gasteiger partial charge in [-0.2, -0.15) is 0 Å². The van der Waals surface area contributed by atoms with Gasteiger partial charge in [-0.15, -0.1) is 0 Å². The quantitative estimate of drug-likeness (QED) is 0.836. The molecule has 0 atom stereocenters. The normalized spacial score (nSPS) is 22.6. The fraction of sp³-hybridized carbons (Fsp3) is 0.409. The molecular weight excluding hydrogens is 324 g/mol. The highest BCUT2D eigenvalue weighted by molar-refractivity contribution is 5.96. The van der Waals surface area contributed by atoms with Gasteiger partial charge in [0.2, 0.25) is 0 Å². The highest BCUT2D eigenvalue weighted by Gasteiger charge is 2.36. The Labute approximate surface area is 156 Å². The average Bonchev–Trinajstić information content (AvgIpc) is 2.73. The van der Waals surface area contributed by atoms with Crippen molar-refractivity contribution in [1.29, 1.82) is 0 Å². The predicted molar refractivity (Wildman–Crippen MR) is 105 cm³/mol. The van der Waals surface area contributed by atoms with Crippen LogP contribution in [-0.2, 0) is 5.41 Å². The lowest BCUT2D eigenvalue weighted by molar-refractivity contribution is 0.0931. The van der Waals surface area contributed by atoms with Crippen LogP contribution in [0.4, 0.5) is 0 Å². The summed E-state index contributed by atoms with van der Waals surface area (Å²) >= 11 is 0. The van der Waals surface area contributed by atoms with Crippen LogP contribution in [0.25, 0.3) is 0 Å². The van der Waals surface area contributed by atoms with Gasteiger partial charge in [-0.1, -0.05) is 42.5 Å². The fourth-order valence-corrected chi connectivity index (χ4v) is 4.00. The van der Waals surface area contributed by atoms with Gasteiger partial charge in [0.1, 0.15) is 5.75 Å². The summed E-state index contributed by atoms with van der Waals surface area (Å²) in [6, 6.07) is 18.5. The van der Waals surface area contributed by atoms with E-state index in [1.807, 2.05) is 31.3 Å². The SMILES string of the molecule is CN[C@H]1CC[C@](CNC(=O)c2ccccc2OC)(c2ccccc2)CC1. The largest absolute Gasteiger partial charge is 0.496 e. The summed E-state index contributed by atoms with van der Waals surface area (Å²) in [4.78, 5) is 12.8. The highest BCUT2D eigenvalue weighted by atomic mass is 16.5. The third-order valence-electron chi connectivity index (χ3n) is 5.68. The van der Waals surface area contributed by atoms with Crippen molar-refractivity contribution in [2.75, 3.05) is 20.7 Å². The molecule has 0 heterocycles. The second-order valence-electron chi connectivity index (χ2n) is 7.09. The zero-order chi connectivity index (χ0) is 18.4. The lowest BCUT2D eigenvalue weighted by atomic mass is 9.68. The fourth-order valence-electron chi connectivity index (χ4n) is 4.00. The summed E-state index contributed by atoms with van der Waals surface area (Å²) in [5.41, 5.74) is 1.89. The lowest BCUT2D eigenvalue weighted by Gasteiger charge is -2.41. The Morgan fingerprint density at radius 1 is 1.08 bits per heavy atom. The standard InChI is InChI=1S/C22H28N2O2/c1-23-18-12-14-22(15-13-18,17-8-4-3-5-9-17)16-24-21(25)19-10-6-7-11-20(19)26-2/h3-11,18,23H,12-16H2,1-2H3,(H,24,25)/t18-,22-. The summed E-state index contributed by atoms with van der Waals surface area (Å²) in [6.45, 7) is 0.643. The molecule has 0 bridgehead atoms. The molecule has 1 aliphatic carbocycles. The first-order chi connectivity index (χ1) is 12.7. The van der Waals surface area contributed by atoms with Crippen molar-refractivity contribution >= 4 is 5.91 Å². The summed E-state index contributed by atoms with van der Waals surface area (Å²) in [5, 5.41) is 6.57. The van der Waals surface area contributed by atoms with Gasteiger partial charge in [0.25, 0.3) is 5.91 Å². The van der Waals surface area contributed by atoms with E-state index in [1.165, 1.54) is 5.56 Å². The molecule has 4 nitrogen and oxygen atoms in total. The third-order valence-corrected chi connectivity index (χ3v) is 5.68. The number of methoxy groups -OCH3 is 1. The zero-order valence-corrected chi connectivity index (χ0v) is 15.6. The van der Waals surface area contributed by atoms with Gasteiger partial charge in [0.05, 0.1) is 12.7 Å². The van der Waals surface area contributed by atoms with Crippen molar-refractivity contribution in [3.63, 3.8) is 0 Å². The zero-order valence-electron chi connectivity index (χ0n) is 15.6. The maximum atomic E-state index is 12.8. The number of hydrogen-bond donors (Lipinski definition) is 2. The topological polar surface area (TPSA) is 50.4 Å². The Bertz CT molecular complexity index is 722. The van der Waals surface area contributed by atoms with E-state index >= 15 is 0 Å². The minimum atomic E-state index is -0.0755. The molecule has 26 heavy (non-hydrogen) atoms. The van der Waals surface area contributed by atoms with Crippen LogP contribution in [0.15, 0.2) is 54.6 Å². The minimum Gasteiger partial charge on any atom is -0.496 e. The van der Waals surface area contributed by atoms with E-state index in [-0.39, 0.29) is 11.3 Å². The van der Waals surface area contributed by atoms with Crippen LogP contribution >= 0.6 is 0 Å². The first-order valence-electron chi connectivity index (χ1n) is 9.32. The molecule has 1 fully saturated rings. The molecule has 1 saturated carbocycles. The molecule has 0 radical (unpaired) electrons. The second kappa shape index (κ2) is 8.37. The molecule has 3 rings (SSSR count). The molecule has 0 unspecified atom stereocenters. The minimum absolute atomic E-state index is 0.00765. The smallest absolute Gasteiger partial charge is 0.255 e. The Hall–Kier alpha value is -2.33. The van der Waals surface area contributed by atoms with Gasteiger partial charge in [0, 0.05) is 18.0 Å². The average molecular weight is 352 g/mol. The number of nitrogens with one attached hydrogen (secondary N) is 2. The molecule has 2 aromatic carbocycles. The molecule has 138 valence electrons. The van der Waals surface area contributed by atoms with Crippen molar-refractivity contribution in [3.05, 3.63) is 65.7 Å². The van der Waals surface area contributed by atoms with Crippen molar-refractivity contribution in [3.8, 4) is 5.75 Å². The molecule has 0 aliphatic heterocycles. The van der Waals surface area contributed by atoms with Gasteiger partial charge in [0.15, 0.2) is 0 Å². The van der Waals surface area contributed by atoms with Gasteiger partial charge < -0.3 is 15.4 Å². The van der Waals surface area contributed by atoms with E-state index in [1.54, 1.807) is 13.2 Å². The number of carbonyl (C=O) groups excluding carboxylic acids is 1. The Morgan fingerprint density at radius 3 is 2.38 bits per heavy atom. The molecule has 1 aliphatic rings. The van der Waals surface area contributed by atoms with Crippen LogP contribution in [0.5, 0.6) is 5.75 Å². The van der Waals surface area contributed by atoms with E-state index in [0.29, 0.717) is 23.9 Å². The Kier molecular flexibility index (Phi) is 5.94. The van der Waals surface area contributed by atoms with E-state index < -0.39 is 0 Å². The molecule has 0 saturated heterocycles. The first kappa shape index (κ1) is 18.5. The molecule has 4 heteroatoms. The van der Waals surface area contributed by atoms with Gasteiger partial charge in [-0.25, -0.2) is 0 Å². The lowest BCUT2D eigenvalue weighted by Crippen LogP contribution is -2.46. The highest BCUT2D eigenvalue weighted by Crippen LogP contribution is 2.39. The maximum absolute atomic E-state index is 12.8. The summed E-state index contributed by atoms with van der Waals surface area (Å²) in [7, 11) is 3.63. The van der Waals surface area contributed by atoms with Crippen LogP contribution < -0.4 is 15.4 Å². The molecule has 0 aromatic heterocycles. The summed E-state index contributed by atoms with van der Waals surface area (Å²) < 4.78 is 5.33. The van der Waals surface area contributed by atoms with Gasteiger partial charge in [-0.05, 0) is 50.4 Å². The van der Waals surface area contributed by atoms with Gasteiger partial charge >= 0.3 is 0 Å². The summed E-state index contributed by atoms with van der Waals surface area (Å²) in [6.07, 6.45) is 4.37. The number of hydrogen-bond acceptors (Lipinski definition) is 3. The van der Waals surface area contributed by atoms with E-state index in [4.69, 9.17) is 4.74 Å². The Balaban J connectivity index is 1.78. The van der Waals surface area contributed by atoms with E-state index in [2.05, 4.69) is 34.9 Å². The molecular formula is C22H28N2O2. The molecule has 2 aromatic rings. The van der Waals surface area contributed by atoms with E-state index in [0.717, 1.165) is 25.7 Å². The van der Waals surface area contributed by atoms with Crippen LogP contribution in [0.3, 0.4) is 0 Å². The number of benzene rings is 2. The van der Waals surface area contributed by atoms with Crippen molar-refractivity contribution in [2.24, 2.45) is 0 Å². The molecule has 0 spiro atoms. The second-order valence-corrected chi connectivity index (χ2v) is 7.09. The van der Waals surface area contributed by atoms with Crippen molar-refractivity contribution < 1.29 is 9.53 Å². The number of amides is 1. The Morgan fingerprint density at radius 2 is 1.73 bits per heavy atom. The molecule has 1 amide bonds. The number of rotatable bonds is 6. The molecule has 2 N–H and O–H groups in total. The maximum Gasteiger partial charge on any atom is 0.255 e. The number of carbonyl (C=O) groups is 1. The van der Waals surface area contributed by atoms with Crippen LogP contribution in [0, 0.1) is 0 Å². The third kappa shape index (κ3) is 3.91. The van der Waals surface area contributed by atoms with Crippen LogP contribution in [0.2, 0.25) is 0 Å².